The van der Waals surface area contributed by atoms with Crippen molar-refractivity contribution in [1.29, 1.82) is 0 Å². The molecule has 9 nitrogen and oxygen atoms in total. The standard InChI is InChI=1S/C43H43Cl4N3O6/c1-22-21-42(2,3)49(16-9-7-8-12-33(53)56-50-31(51)13-14-32(50)52)30-20-28-26(18-24(22)30)34(35-36(41(54)55)38(45)40(47)39(46)37(35)44)25-17-23-11-10-15-48(6)29(23)19-27(25)43(28,4)5/h17-21H,7-16H2,1-6H3/p+1. The highest BCUT2D eigenvalue weighted by Gasteiger charge is 2.41. The molecule has 13 heteroatoms. The predicted molar refractivity (Wildman–Crippen MR) is 220 cm³/mol. The maximum absolute atomic E-state index is 13.1. The van der Waals surface area contributed by atoms with Gasteiger partial charge in [0.15, 0.2) is 0 Å². The van der Waals surface area contributed by atoms with Crippen molar-refractivity contribution in [3.63, 3.8) is 0 Å². The summed E-state index contributed by atoms with van der Waals surface area (Å²) in [6, 6.07) is 8.82. The summed E-state index contributed by atoms with van der Waals surface area (Å²) in [7, 11) is 2.10. The van der Waals surface area contributed by atoms with Crippen molar-refractivity contribution < 1.29 is 29.1 Å². The fourth-order valence-corrected chi connectivity index (χ4v) is 9.97. The number of aryl methyl sites for hydroxylation is 1. The summed E-state index contributed by atoms with van der Waals surface area (Å²) in [5, 5.41) is 13.0. The number of nitrogens with zero attached hydrogens (tertiary/aromatic N) is 3. The number of imide groups is 1. The molecule has 0 unspecified atom stereocenters. The zero-order valence-corrected chi connectivity index (χ0v) is 35.3. The Morgan fingerprint density at radius 2 is 1.54 bits per heavy atom. The minimum Gasteiger partial charge on any atom is -0.478 e. The van der Waals surface area contributed by atoms with Crippen molar-refractivity contribution in [1.82, 2.24) is 9.64 Å². The molecule has 1 fully saturated rings. The molecular weight excluding hydrogens is 796 g/mol. The zero-order chi connectivity index (χ0) is 40.6. The second kappa shape index (κ2) is 14.8. The first-order chi connectivity index (χ1) is 26.3. The lowest BCUT2D eigenvalue weighted by Gasteiger charge is -2.45. The minimum absolute atomic E-state index is 0.00953. The van der Waals surface area contributed by atoms with Crippen LogP contribution < -0.4 is 20.1 Å². The number of carboxylic acids is 1. The molecule has 3 aromatic rings. The van der Waals surface area contributed by atoms with E-state index in [9.17, 15) is 24.3 Å². The Kier molecular flexibility index (Phi) is 10.7. The Balaban J connectivity index is 1.35. The van der Waals surface area contributed by atoms with Gasteiger partial charge in [0.2, 0.25) is 5.36 Å². The van der Waals surface area contributed by atoms with E-state index in [4.69, 9.17) is 51.2 Å². The highest BCUT2D eigenvalue weighted by molar-refractivity contribution is 6.53. The van der Waals surface area contributed by atoms with Crippen LogP contribution in [0.3, 0.4) is 0 Å². The minimum atomic E-state index is -1.27. The average molecular weight is 841 g/mol. The first-order valence-corrected chi connectivity index (χ1v) is 20.4. The lowest BCUT2D eigenvalue weighted by atomic mass is 9.67. The van der Waals surface area contributed by atoms with Crippen LogP contribution in [0.2, 0.25) is 20.1 Å². The fraction of sp³-hybridized carbons (Fsp3) is 0.419. The molecule has 1 aliphatic carbocycles. The van der Waals surface area contributed by atoms with E-state index in [1.165, 1.54) is 5.56 Å². The number of rotatable bonds is 9. The van der Waals surface area contributed by atoms with Crippen LogP contribution in [0.1, 0.15) is 123 Å². The van der Waals surface area contributed by atoms with Crippen LogP contribution in [-0.2, 0) is 31.1 Å². The van der Waals surface area contributed by atoms with Crippen LogP contribution in [0.15, 0.2) is 30.3 Å². The monoisotopic (exact) mass is 838 g/mol. The van der Waals surface area contributed by atoms with Crippen LogP contribution in [0.4, 0.5) is 5.69 Å². The molecule has 3 heterocycles. The average Bonchev–Trinajstić information content (AvgIpc) is 3.44. The SMILES string of the molecule is CC1=CC(C)(C)N(CCCCCC(=O)ON2C(=O)CCC2=O)c2cc3c(cc21)C(c1c(Cl)c(Cl)c(Cl)c(Cl)c1C(=O)O)=c1cc2c(cc1C3(C)C)=[N+](C)CCC2. The van der Waals surface area contributed by atoms with Crippen LogP contribution in [0.5, 0.6) is 0 Å². The number of halogens is 4. The normalized spacial score (nSPS) is 18.0. The largest absolute Gasteiger partial charge is 0.478 e. The highest BCUT2D eigenvalue weighted by Crippen LogP contribution is 2.51. The molecule has 7 rings (SSSR count). The summed E-state index contributed by atoms with van der Waals surface area (Å²) >= 11 is 27.0. The smallest absolute Gasteiger partial charge is 0.337 e. The van der Waals surface area contributed by atoms with Crippen LogP contribution in [-0.4, -0.2) is 59.6 Å². The van der Waals surface area contributed by atoms with Gasteiger partial charge >= 0.3 is 11.9 Å². The van der Waals surface area contributed by atoms with E-state index in [0.717, 1.165) is 76.3 Å². The van der Waals surface area contributed by atoms with Gasteiger partial charge in [0, 0.05) is 66.1 Å². The number of hydrogen-bond acceptors (Lipinski definition) is 6. The molecule has 0 saturated carbocycles. The number of unbranched alkanes of at least 4 members (excludes halogenated alkanes) is 2. The summed E-state index contributed by atoms with van der Waals surface area (Å²) in [4.78, 5) is 56.7. The number of benzene rings is 3. The lowest BCUT2D eigenvalue weighted by Crippen LogP contribution is -2.46. The van der Waals surface area contributed by atoms with Crippen LogP contribution in [0, 0.1) is 0 Å². The molecule has 2 amide bonds. The highest BCUT2D eigenvalue weighted by atomic mass is 35.5. The summed E-state index contributed by atoms with van der Waals surface area (Å²) in [6.45, 7) is 12.5. The van der Waals surface area contributed by atoms with Gasteiger partial charge in [-0.2, -0.15) is 0 Å². The number of hydrogen-bond donors (Lipinski definition) is 1. The van der Waals surface area contributed by atoms with Crippen molar-refractivity contribution >= 4 is 87.0 Å². The molecule has 0 atom stereocenters. The van der Waals surface area contributed by atoms with Crippen LogP contribution in [0.25, 0.3) is 11.1 Å². The van der Waals surface area contributed by atoms with Gasteiger partial charge in [0.1, 0.15) is 13.6 Å². The Bertz CT molecular complexity index is 2420. The van der Waals surface area contributed by atoms with Gasteiger partial charge in [-0.1, -0.05) is 72.7 Å². The molecular formula is C43H44Cl4N3O6+. The molecule has 0 bridgehead atoms. The first-order valence-electron chi connectivity index (χ1n) is 18.9. The number of carbonyl (C=O) groups excluding carboxylic acids is 3. The second-order valence-corrected chi connectivity index (χ2v) is 17.8. The van der Waals surface area contributed by atoms with Crippen LogP contribution >= 0.6 is 46.4 Å². The van der Waals surface area contributed by atoms with E-state index < -0.39 is 29.2 Å². The van der Waals surface area contributed by atoms with E-state index in [1.54, 1.807) is 0 Å². The van der Waals surface area contributed by atoms with Gasteiger partial charge < -0.3 is 14.8 Å². The number of carbonyl (C=O) groups is 4. The maximum atomic E-state index is 13.1. The zero-order valence-electron chi connectivity index (χ0n) is 32.3. The summed E-state index contributed by atoms with van der Waals surface area (Å²) < 4.78 is 2.27. The van der Waals surface area contributed by atoms with E-state index in [1.807, 2.05) is 0 Å². The summed E-state index contributed by atoms with van der Waals surface area (Å²) in [5.74, 6) is -2.85. The van der Waals surface area contributed by atoms with Gasteiger partial charge in [0.25, 0.3) is 11.8 Å². The summed E-state index contributed by atoms with van der Waals surface area (Å²) in [5.41, 5.74) is 6.92. The van der Waals surface area contributed by atoms with Crippen molar-refractivity contribution in [2.45, 2.75) is 96.9 Å². The van der Waals surface area contributed by atoms with Gasteiger partial charge in [-0.3, -0.25) is 9.59 Å². The molecule has 3 aromatic carbocycles. The maximum Gasteiger partial charge on any atom is 0.337 e. The Morgan fingerprint density at radius 3 is 2.21 bits per heavy atom. The van der Waals surface area contributed by atoms with Crippen molar-refractivity contribution in [3.05, 3.63) is 100.0 Å². The third kappa shape index (κ3) is 6.72. The second-order valence-electron chi connectivity index (χ2n) is 16.3. The molecule has 4 aliphatic rings. The fourth-order valence-electron chi connectivity index (χ4n) is 8.94. The number of amides is 2. The van der Waals surface area contributed by atoms with E-state index >= 15 is 0 Å². The van der Waals surface area contributed by atoms with E-state index in [0.29, 0.717) is 23.6 Å². The third-order valence-corrected chi connectivity index (χ3v) is 13.6. The van der Waals surface area contributed by atoms with Crippen molar-refractivity contribution in [3.8, 4) is 0 Å². The molecule has 294 valence electrons. The number of anilines is 1. The predicted octanol–water partition coefficient (Wildman–Crippen LogP) is 8.12. The Labute approximate surface area is 346 Å². The molecule has 0 aromatic heterocycles. The molecule has 0 spiro atoms. The number of allylic oxidation sites excluding steroid dienone is 1. The molecule has 1 N–H and O–H groups in total. The quantitative estimate of drug-likeness (QED) is 0.0763. The molecule has 56 heavy (non-hydrogen) atoms. The number of carboxylic acid groups (broad SMARTS) is 1. The summed E-state index contributed by atoms with van der Waals surface area (Å²) in [6.07, 6.45) is 6.33. The topological polar surface area (TPSA) is 107 Å². The number of fused-ring (bicyclic) bond motifs is 4. The van der Waals surface area contributed by atoms with E-state index in [-0.39, 0.29) is 56.0 Å². The van der Waals surface area contributed by atoms with Crippen molar-refractivity contribution in [2.75, 3.05) is 25.0 Å². The third-order valence-electron chi connectivity index (χ3n) is 11.8. The van der Waals surface area contributed by atoms with Gasteiger partial charge in [0.05, 0.1) is 31.2 Å². The Hall–Kier alpha value is -3.89. The van der Waals surface area contributed by atoms with Gasteiger partial charge in [-0.15, -0.1) is 5.06 Å². The van der Waals surface area contributed by atoms with Gasteiger partial charge in [-0.25, -0.2) is 14.2 Å². The van der Waals surface area contributed by atoms with Gasteiger partial charge in [-0.05, 0) is 91.3 Å². The van der Waals surface area contributed by atoms with E-state index in [2.05, 4.69) is 81.5 Å². The number of aromatic carboxylic acids is 1. The first kappa shape index (κ1) is 40.3. The lowest BCUT2D eigenvalue weighted by molar-refractivity contribution is -0.197. The van der Waals surface area contributed by atoms with Crippen molar-refractivity contribution in [2.24, 2.45) is 0 Å². The number of hydroxylamine groups is 2. The molecule has 3 aliphatic heterocycles. The molecule has 0 radical (unpaired) electrons. The molecule has 1 saturated heterocycles. The Morgan fingerprint density at radius 1 is 0.857 bits per heavy atom.